The van der Waals surface area contributed by atoms with Crippen LogP contribution in [0, 0.1) is 5.41 Å². The van der Waals surface area contributed by atoms with Gasteiger partial charge in [0.05, 0.1) is 12.6 Å². The molecule has 0 bridgehead atoms. The summed E-state index contributed by atoms with van der Waals surface area (Å²) < 4.78 is 5.32. The summed E-state index contributed by atoms with van der Waals surface area (Å²) in [6.07, 6.45) is 7.98. The van der Waals surface area contributed by atoms with Gasteiger partial charge < -0.3 is 14.5 Å². The lowest BCUT2D eigenvalue weighted by Crippen LogP contribution is -2.57. The van der Waals surface area contributed by atoms with Gasteiger partial charge in [-0.1, -0.05) is 55.8 Å². The van der Waals surface area contributed by atoms with Gasteiger partial charge in [-0.3, -0.25) is 4.90 Å². The van der Waals surface area contributed by atoms with E-state index >= 15 is 0 Å². The highest BCUT2D eigenvalue weighted by atomic mass is 16.5. The van der Waals surface area contributed by atoms with E-state index in [1.807, 2.05) is 12.1 Å². The Morgan fingerprint density at radius 2 is 1.57 bits per heavy atom. The van der Waals surface area contributed by atoms with E-state index in [9.17, 15) is 4.79 Å². The fourth-order valence-corrected chi connectivity index (χ4v) is 6.81. The number of carbonyl (C=O) groups is 1. The van der Waals surface area contributed by atoms with Crippen molar-refractivity contribution in [1.82, 2.24) is 14.7 Å². The topological polar surface area (TPSA) is 36.0 Å². The molecule has 5 heteroatoms. The highest BCUT2D eigenvalue weighted by molar-refractivity contribution is 5.78. The molecule has 3 aliphatic rings. The molecule has 1 heterocycles. The van der Waals surface area contributed by atoms with Crippen LogP contribution in [-0.4, -0.2) is 60.6 Å². The van der Waals surface area contributed by atoms with Crippen LogP contribution in [-0.2, 0) is 12.1 Å². The van der Waals surface area contributed by atoms with Crippen molar-refractivity contribution in [3.8, 4) is 5.75 Å². The number of hydrogen-bond acceptors (Lipinski definition) is 3. The first-order valence-electron chi connectivity index (χ1n) is 13.2. The van der Waals surface area contributed by atoms with Gasteiger partial charge in [-0.05, 0) is 81.3 Å². The monoisotopic (exact) mass is 475 g/mol. The maximum absolute atomic E-state index is 13.9. The highest BCUT2D eigenvalue weighted by Gasteiger charge is 2.55. The molecule has 2 aliphatic carbocycles. The molecule has 2 aromatic rings. The summed E-state index contributed by atoms with van der Waals surface area (Å²) in [6.45, 7) is 4.76. The van der Waals surface area contributed by atoms with Crippen molar-refractivity contribution in [2.75, 3.05) is 34.3 Å². The van der Waals surface area contributed by atoms with Gasteiger partial charge in [-0.25, -0.2) is 4.79 Å². The normalized spacial score (nSPS) is 28.0. The molecule has 1 spiro atoms. The minimum Gasteiger partial charge on any atom is -0.497 e. The summed E-state index contributed by atoms with van der Waals surface area (Å²) in [4.78, 5) is 20.7. The fourth-order valence-electron chi connectivity index (χ4n) is 6.81. The van der Waals surface area contributed by atoms with E-state index in [2.05, 4.69) is 78.2 Å². The molecule has 0 atom stereocenters. The smallest absolute Gasteiger partial charge is 0.320 e. The van der Waals surface area contributed by atoms with Crippen molar-refractivity contribution in [2.45, 2.75) is 69.5 Å². The number of ether oxygens (including phenoxy) is 1. The van der Waals surface area contributed by atoms with E-state index in [4.69, 9.17) is 4.74 Å². The van der Waals surface area contributed by atoms with E-state index < -0.39 is 0 Å². The first kappa shape index (κ1) is 24.2. The second-order valence-corrected chi connectivity index (χ2v) is 11.8. The Kier molecular flexibility index (Phi) is 6.33. The van der Waals surface area contributed by atoms with Gasteiger partial charge in [-0.15, -0.1) is 0 Å². The summed E-state index contributed by atoms with van der Waals surface area (Å²) in [5.41, 5.74) is 2.79. The summed E-state index contributed by atoms with van der Waals surface area (Å²) in [5, 5.41) is 0. The van der Waals surface area contributed by atoms with Gasteiger partial charge >= 0.3 is 6.03 Å². The molecule has 188 valence electrons. The van der Waals surface area contributed by atoms with Crippen LogP contribution in [0.5, 0.6) is 5.75 Å². The minimum atomic E-state index is -0.0730. The first-order chi connectivity index (χ1) is 16.8. The Bertz CT molecular complexity index is 1020. The molecule has 0 aromatic heterocycles. The van der Waals surface area contributed by atoms with Crippen molar-refractivity contribution in [3.63, 3.8) is 0 Å². The van der Waals surface area contributed by atoms with Gasteiger partial charge in [-0.2, -0.15) is 0 Å². The molecule has 2 amide bonds. The molecule has 35 heavy (non-hydrogen) atoms. The summed E-state index contributed by atoms with van der Waals surface area (Å²) in [7, 11) is 6.12. The van der Waals surface area contributed by atoms with E-state index in [1.165, 1.54) is 24.8 Å². The van der Waals surface area contributed by atoms with Crippen molar-refractivity contribution in [1.29, 1.82) is 0 Å². The standard InChI is InChI=1S/C30H41N3O2/c1-28(15-8-16-28)22-33-27(34)32(21-24-11-13-26(35-4)14-12-24)23-29(33)17-19-30(20-18-29,31(2)3)25-9-6-5-7-10-25/h5-7,9-14H,8,15-23H2,1-4H3/t29-,30+. The summed E-state index contributed by atoms with van der Waals surface area (Å²) in [6, 6.07) is 19.4. The predicted molar refractivity (Wildman–Crippen MR) is 140 cm³/mol. The van der Waals surface area contributed by atoms with Crippen LogP contribution in [0.1, 0.15) is 63.0 Å². The van der Waals surface area contributed by atoms with Gasteiger partial charge in [0.15, 0.2) is 0 Å². The third-order valence-corrected chi connectivity index (χ3v) is 9.37. The number of urea groups is 1. The summed E-state index contributed by atoms with van der Waals surface area (Å²) >= 11 is 0. The minimum absolute atomic E-state index is 0.0327. The lowest BCUT2D eigenvalue weighted by Gasteiger charge is -2.53. The molecular formula is C30H41N3O2. The SMILES string of the molecule is COc1ccc(CN2C[C@]3(CC[C@](c4ccccc4)(N(C)C)CC3)N(CC3(C)CCC3)C2=O)cc1. The zero-order chi connectivity index (χ0) is 24.7. The molecule has 5 nitrogen and oxygen atoms in total. The third-order valence-electron chi connectivity index (χ3n) is 9.37. The number of nitrogens with zero attached hydrogens (tertiary/aromatic N) is 3. The molecule has 1 aliphatic heterocycles. The Hall–Kier alpha value is -2.53. The van der Waals surface area contributed by atoms with Crippen molar-refractivity contribution in [2.24, 2.45) is 5.41 Å². The number of amides is 2. The first-order valence-corrected chi connectivity index (χ1v) is 13.2. The molecule has 0 radical (unpaired) electrons. The Morgan fingerprint density at radius 1 is 0.914 bits per heavy atom. The Labute approximate surface area is 211 Å². The van der Waals surface area contributed by atoms with Crippen LogP contribution in [0.15, 0.2) is 54.6 Å². The molecule has 0 unspecified atom stereocenters. The van der Waals surface area contributed by atoms with Crippen LogP contribution >= 0.6 is 0 Å². The third kappa shape index (κ3) is 4.33. The van der Waals surface area contributed by atoms with E-state index in [-0.39, 0.29) is 22.5 Å². The number of benzene rings is 2. The average molecular weight is 476 g/mol. The summed E-state index contributed by atoms with van der Waals surface area (Å²) in [5.74, 6) is 0.853. The molecule has 2 saturated carbocycles. The molecule has 0 N–H and O–H groups in total. The van der Waals surface area contributed by atoms with Crippen molar-refractivity contribution >= 4 is 6.03 Å². The van der Waals surface area contributed by atoms with Crippen LogP contribution in [0.2, 0.25) is 0 Å². The van der Waals surface area contributed by atoms with E-state index in [0.717, 1.165) is 50.1 Å². The number of hydrogen-bond donors (Lipinski definition) is 0. The lowest BCUT2D eigenvalue weighted by molar-refractivity contribution is -0.000354. The van der Waals surface area contributed by atoms with Gasteiger partial charge in [0.1, 0.15) is 5.75 Å². The number of rotatable bonds is 7. The number of methoxy groups -OCH3 is 1. The zero-order valence-electron chi connectivity index (χ0n) is 21.9. The molecule has 3 fully saturated rings. The quantitative estimate of drug-likeness (QED) is 0.501. The second-order valence-electron chi connectivity index (χ2n) is 11.8. The highest BCUT2D eigenvalue weighted by Crippen LogP contribution is 2.51. The van der Waals surface area contributed by atoms with E-state index in [0.29, 0.717) is 6.54 Å². The maximum Gasteiger partial charge on any atom is 0.320 e. The molecular weight excluding hydrogens is 434 g/mol. The van der Waals surface area contributed by atoms with Crippen LogP contribution in [0.3, 0.4) is 0 Å². The van der Waals surface area contributed by atoms with Crippen LogP contribution in [0.25, 0.3) is 0 Å². The van der Waals surface area contributed by atoms with Gasteiger partial charge in [0.2, 0.25) is 0 Å². The zero-order valence-corrected chi connectivity index (χ0v) is 21.9. The van der Waals surface area contributed by atoms with Crippen molar-refractivity contribution in [3.05, 3.63) is 65.7 Å². The fraction of sp³-hybridized carbons (Fsp3) is 0.567. The van der Waals surface area contributed by atoms with E-state index in [1.54, 1.807) is 7.11 Å². The maximum atomic E-state index is 13.9. The lowest BCUT2D eigenvalue weighted by atomic mass is 9.66. The van der Waals surface area contributed by atoms with Gasteiger partial charge in [0, 0.05) is 25.2 Å². The van der Waals surface area contributed by atoms with Crippen LogP contribution in [0.4, 0.5) is 4.79 Å². The van der Waals surface area contributed by atoms with Gasteiger partial charge in [0.25, 0.3) is 0 Å². The second kappa shape index (κ2) is 9.16. The Balaban J connectivity index is 1.40. The number of carbonyl (C=O) groups excluding carboxylic acids is 1. The molecule has 1 saturated heterocycles. The van der Waals surface area contributed by atoms with Crippen LogP contribution < -0.4 is 4.74 Å². The molecule has 2 aromatic carbocycles. The van der Waals surface area contributed by atoms with Crippen molar-refractivity contribution < 1.29 is 9.53 Å². The Morgan fingerprint density at radius 3 is 2.11 bits per heavy atom. The molecule has 5 rings (SSSR count). The average Bonchev–Trinajstić information content (AvgIpc) is 3.09. The largest absolute Gasteiger partial charge is 0.497 e. The predicted octanol–water partition coefficient (Wildman–Crippen LogP) is 5.89.